The normalized spacial score (nSPS) is 15.5. The third-order valence-electron chi connectivity index (χ3n) is 7.07. The van der Waals surface area contributed by atoms with Crippen LogP contribution in [0.2, 0.25) is 20.1 Å². The Labute approximate surface area is 238 Å². The Kier molecular flexibility index (Phi) is 10.0. The van der Waals surface area contributed by atoms with E-state index in [1.54, 1.807) is 30.3 Å². The van der Waals surface area contributed by atoms with Crippen molar-refractivity contribution in [3.8, 4) is 5.75 Å². The molecule has 37 heavy (non-hydrogen) atoms. The monoisotopic (exact) mass is 578 g/mol. The van der Waals surface area contributed by atoms with Crippen LogP contribution in [-0.2, 0) is 6.54 Å². The Morgan fingerprint density at radius 1 is 0.919 bits per heavy atom. The summed E-state index contributed by atoms with van der Waals surface area (Å²) < 4.78 is 0. The molecule has 3 aromatic rings. The van der Waals surface area contributed by atoms with Gasteiger partial charge < -0.3 is 10.4 Å². The molecule has 0 bridgehead atoms. The Hall–Kier alpha value is -1.95. The minimum atomic E-state index is -0.228. The van der Waals surface area contributed by atoms with Crippen molar-refractivity contribution in [3.63, 3.8) is 0 Å². The van der Waals surface area contributed by atoms with Crippen LogP contribution in [0.15, 0.2) is 60.7 Å². The molecule has 1 fully saturated rings. The zero-order valence-corrected chi connectivity index (χ0v) is 23.4. The molecule has 1 unspecified atom stereocenters. The van der Waals surface area contributed by atoms with Gasteiger partial charge in [0.25, 0.3) is 5.91 Å². The zero-order valence-electron chi connectivity index (χ0n) is 20.4. The number of rotatable bonds is 9. The molecule has 1 atom stereocenters. The lowest BCUT2D eigenvalue weighted by Crippen LogP contribution is -2.33. The number of likely N-dealkylation sites (tertiary alicyclic amines) is 1. The number of carbonyl (C=O) groups excluding carboxylic acids is 1. The first kappa shape index (κ1) is 28.1. The van der Waals surface area contributed by atoms with Crippen molar-refractivity contribution in [1.29, 1.82) is 0 Å². The van der Waals surface area contributed by atoms with Gasteiger partial charge >= 0.3 is 0 Å². The number of phenols is 1. The van der Waals surface area contributed by atoms with Crippen LogP contribution in [0.5, 0.6) is 5.75 Å². The van der Waals surface area contributed by atoms with E-state index < -0.39 is 0 Å². The molecule has 0 aromatic heterocycles. The van der Waals surface area contributed by atoms with E-state index in [9.17, 15) is 9.90 Å². The first-order chi connectivity index (χ1) is 17.8. The Morgan fingerprint density at radius 3 is 2.32 bits per heavy atom. The summed E-state index contributed by atoms with van der Waals surface area (Å²) in [7, 11) is 0. The number of halogens is 4. The fourth-order valence-electron chi connectivity index (χ4n) is 4.87. The van der Waals surface area contributed by atoms with Crippen LogP contribution in [0.25, 0.3) is 0 Å². The number of phenolic OH excluding ortho intramolecular Hbond substituents is 1. The van der Waals surface area contributed by atoms with Gasteiger partial charge in [-0.3, -0.25) is 9.69 Å². The molecule has 196 valence electrons. The van der Waals surface area contributed by atoms with Gasteiger partial charge in [0.1, 0.15) is 5.75 Å². The number of hydrogen-bond acceptors (Lipinski definition) is 3. The van der Waals surface area contributed by atoms with Gasteiger partial charge in [0.2, 0.25) is 0 Å². The summed E-state index contributed by atoms with van der Waals surface area (Å²) in [5, 5.41) is 14.4. The van der Waals surface area contributed by atoms with Crippen molar-refractivity contribution in [2.24, 2.45) is 5.92 Å². The second kappa shape index (κ2) is 13.2. The molecule has 1 aliphatic heterocycles. The van der Waals surface area contributed by atoms with Gasteiger partial charge in [-0.1, -0.05) is 64.6 Å². The minimum absolute atomic E-state index is 0.0971. The topological polar surface area (TPSA) is 52.6 Å². The molecule has 2 N–H and O–H groups in total. The maximum absolute atomic E-state index is 12.8. The molecule has 3 aromatic carbocycles. The predicted molar refractivity (Wildman–Crippen MR) is 153 cm³/mol. The van der Waals surface area contributed by atoms with Crippen molar-refractivity contribution < 1.29 is 9.90 Å². The molecule has 0 aliphatic carbocycles. The van der Waals surface area contributed by atoms with Gasteiger partial charge in [0.05, 0.1) is 20.6 Å². The number of piperidine rings is 1. The highest BCUT2D eigenvalue weighted by molar-refractivity contribution is 6.42. The van der Waals surface area contributed by atoms with E-state index >= 15 is 0 Å². The molecule has 0 saturated carbocycles. The van der Waals surface area contributed by atoms with Crippen LogP contribution in [0.4, 0.5) is 0 Å². The SMILES string of the molecule is O=C(NCC(CCC1CCN(Cc2ccc(O)cc2)CC1)c1ccc(Cl)c(Cl)c1)c1ccc(Cl)cc1Cl. The summed E-state index contributed by atoms with van der Waals surface area (Å²) in [4.78, 5) is 15.3. The number of hydrogen-bond donors (Lipinski definition) is 2. The maximum atomic E-state index is 12.8. The number of aromatic hydroxyl groups is 1. The van der Waals surface area contributed by atoms with Crippen LogP contribution >= 0.6 is 46.4 Å². The third kappa shape index (κ3) is 8.02. The Balaban J connectivity index is 1.34. The largest absolute Gasteiger partial charge is 0.508 e. The molecular formula is C29H30Cl4N2O2. The fraction of sp³-hybridized carbons (Fsp3) is 0.345. The van der Waals surface area contributed by atoms with E-state index in [0.717, 1.165) is 50.9 Å². The van der Waals surface area contributed by atoms with Gasteiger partial charge in [-0.15, -0.1) is 0 Å². The van der Waals surface area contributed by atoms with E-state index in [1.807, 2.05) is 30.3 Å². The van der Waals surface area contributed by atoms with Gasteiger partial charge in [0.15, 0.2) is 0 Å². The van der Waals surface area contributed by atoms with Gasteiger partial charge in [0, 0.05) is 24.0 Å². The number of carbonyl (C=O) groups is 1. The quantitative estimate of drug-likeness (QED) is 0.268. The van der Waals surface area contributed by atoms with E-state index in [0.29, 0.717) is 43.9 Å². The van der Waals surface area contributed by atoms with E-state index in [2.05, 4.69) is 10.2 Å². The average molecular weight is 580 g/mol. The number of amides is 1. The van der Waals surface area contributed by atoms with Crippen molar-refractivity contribution >= 4 is 52.3 Å². The number of nitrogens with zero attached hydrogens (tertiary/aromatic N) is 1. The highest BCUT2D eigenvalue weighted by Crippen LogP contribution is 2.32. The van der Waals surface area contributed by atoms with Crippen molar-refractivity contribution in [2.75, 3.05) is 19.6 Å². The molecule has 1 heterocycles. The van der Waals surface area contributed by atoms with Crippen molar-refractivity contribution in [2.45, 2.75) is 38.1 Å². The van der Waals surface area contributed by atoms with E-state index in [4.69, 9.17) is 46.4 Å². The second-order valence-corrected chi connectivity index (χ2v) is 11.3. The summed E-state index contributed by atoms with van der Waals surface area (Å²) in [5.74, 6) is 0.795. The number of nitrogens with one attached hydrogen (secondary N) is 1. The molecular weight excluding hydrogens is 550 g/mol. The summed E-state index contributed by atoms with van der Waals surface area (Å²) in [6.45, 7) is 3.47. The standard InChI is InChI=1S/C29H30Cl4N2O2/c30-23-6-9-25(27(32)16-23)29(37)34-17-22(21-5-10-26(31)28(33)15-21)4-1-19-11-13-35(14-12-19)18-20-2-7-24(36)8-3-20/h2-3,5-10,15-16,19,22,36H,1,4,11-14,17-18H2,(H,34,37). The first-order valence-corrected chi connectivity index (χ1v) is 14.0. The summed E-state index contributed by atoms with van der Waals surface area (Å²) >= 11 is 24.7. The minimum Gasteiger partial charge on any atom is -0.508 e. The molecule has 1 aliphatic rings. The van der Waals surface area contributed by atoms with Gasteiger partial charge in [-0.25, -0.2) is 0 Å². The molecule has 0 radical (unpaired) electrons. The van der Waals surface area contributed by atoms with Gasteiger partial charge in [-0.2, -0.15) is 0 Å². The predicted octanol–water partition coefficient (Wildman–Crippen LogP) is 8.21. The van der Waals surface area contributed by atoms with Crippen molar-refractivity contribution in [1.82, 2.24) is 10.2 Å². The zero-order chi connectivity index (χ0) is 26.4. The molecule has 0 spiro atoms. The summed E-state index contributed by atoms with van der Waals surface area (Å²) in [6.07, 6.45) is 4.27. The maximum Gasteiger partial charge on any atom is 0.252 e. The highest BCUT2D eigenvalue weighted by atomic mass is 35.5. The average Bonchev–Trinajstić information content (AvgIpc) is 2.88. The van der Waals surface area contributed by atoms with Crippen LogP contribution in [-0.4, -0.2) is 35.5 Å². The lowest BCUT2D eigenvalue weighted by molar-refractivity contribution is 0.0950. The van der Waals surface area contributed by atoms with E-state index in [1.165, 1.54) is 5.56 Å². The highest BCUT2D eigenvalue weighted by Gasteiger charge is 2.22. The second-order valence-electron chi connectivity index (χ2n) is 9.67. The smallest absolute Gasteiger partial charge is 0.252 e. The number of benzene rings is 3. The van der Waals surface area contributed by atoms with Gasteiger partial charge in [-0.05, 0) is 98.3 Å². The molecule has 8 heteroatoms. The fourth-order valence-corrected chi connectivity index (χ4v) is 5.67. The third-order valence-corrected chi connectivity index (χ3v) is 8.36. The molecule has 4 rings (SSSR count). The first-order valence-electron chi connectivity index (χ1n) is 12.5. The Morgan fingerprint density at radius 2 is 1.65 bits per heavy atom. The molecule has 1 amide bonds. The molecule has 1 saturated heterocycles. The summed E-state index contributed by atoms with van der Waals surface area (Å²) in [6, 6.07) is 18.0. The van der Waals surface area contributed by atoms with Crippen molar-refractivity contribution in [3.05, 3.63) is 97.4 Å². The van der Waals surface area contributed by atoms with Crippen LogP contribution in [0.1, 0.15) is 53.1 Å². The van der Waals surface area contributed by atoms with Crippen LogP contribution < -0.4 is 5.32 Å². The lowest BCUT2D eigenvalue weighted by Gasteiger charge is -2.32. The molecule has 4 nitrogen and oxygen atoms in total. The van der Waals surface area contributed by atoms with Crippen LogP contribution in [0, 0.1) is 5.92 Å². The summed E-state index contributed by atoms with van der Waals surface area (Å²) in [5.41, 5.74) is 2.68. The lowest BCUT2D eigenvalue weighted by atomic mass is 9.86. The van der Waals surface area contributed by atoms with E-state index in [-0.39, 0.29) is 11.8 Å². The van der Waals surface area contributed by atoms with Crippen LogP contribution in [0.3, 0.4) is 0 Å². The Bertz CT molecular complexity index is 1210.